The zero-order valence-electron chi connectivity index (χ0n) is 18.0. The van der Waals surface area contributed by atoms with Gasteiger partial charge < -0.3 is 14.5 Å². The number of amides is 1. The number of hydrogen-bond donors (Lipinski definition) is 1. The molecule has 0 unspecified atom stereocenters. The lowest BCUT2D eigenvalue weighted by Gasteiger charge is -2.24. The van der Waals surface area contributed by atoms with Crippen LogP contribution in [0, 0.1) is 6.92 Å². The van der Waals surface area contributed by atoms with E-state index in [0.29, 0.717) is 29.6 Å². The zero-order valence-corrected chi connectivity index (χ0v) is 18.8. The van der Waals surface area contributed by atoms with Crippen LogP contribution in [-0.2, 0) is 28.9 Å². The van der Waals surface area contributed by atoms with Crippen LogP contribution in [0.3, 0.4) is 0 Å². The highest BCUT2D eigenvalue weighted by Crippen LogP contribution is 2.28. The van der Waals surface area contributed by atoms with Gasteiger partial charge in [-0.2, -0.15) is 4.31 Å². The summed E-state index contributed by atoms with van der Waals surface area (Å²) in [5, 5.41) is 2.81. The van der Waals surface area contributed by atoms with E-state index in [4.69, 9.17) is 0 Å². The third-order valence-corrected chi connectivity index (χ3v) is 7.76. The molecule has 4 rings (SSSR count). The predicted molar refractivity (Wildman–Crippen MR) is 121 cm³/mol. The van der Waals surface area contributed by atoms with E-state index in [9.17, 15) is 22.8 Å². The molecule has 1 amide bonds. The number of fused-ring (bicyclic) bond motifs is 1. The summed E-state index contributed by atoms with van der Waals surface area (Å²) in [5.41, 5.74) is 0.911. The van der Waals surface area contributed by atoms with Crippen molar-refractivity contribution in [2.24, 2.45) is 14.1 Å². The fraction of sp³-hybridized carbons (Fsp3) is 0.318. The number of sulfonamides is 1. The van der Waals surface area contributed by atoms with E-state index in [0.717, 1.165) is 10.1 Å². The summed E-state index contributed by atoms with van der Waals surface area (Å²) in [6.45, 7) is 2.13. The van der Waals surface area contributed by atoms with Crippen LogP contribution in [0.2, 0.25) is 0 Å². The summed E-state index contributed by atoms with van der Waals surface area (Å²) >= 11 is 0. The summed E-state index contributed by atoms with van der Waals surface area (Å²) in [6, 6.07) is 10.7. The van der Waals surface area contributed by atoms with Gasteiger partial charge in [0.05, 0.1) is 15.9 Å². The Morgan fingerprint density at radius 1 is 1.00 bits per heavy atom. The summed E-state index contributed by atoms with van der Waals surface area (Å²) in [6.07, 6.45) is 0.975. The minimum Gasteiger partial charge on any atom is -0.325 e. The van der Waals surface area contributed by atoms with E-state index in [-0.39, 0.29) is 17.3 Å². The first-order valence-electron chi connectivity index (χ1n) is 10.2. The molecule has 1 aliphatic heterocycles. The van der Waals surface area contributed by atoms with Gasteiger partial charge in [0.2, 0.25) is 15.9 Å². The molecule has 9 nitrogen and oxygen atoms in total. The molecule has 0 aliphatic carbocycles. The molecule has 0 spiro atoms. The smallest absolute Gasteiger partial charge is 0.316 e. The first kappa shape index (κ1) is 22.0. The van der Waals surface area contributed by atoms with Crippen LogP contribution in [0.4, 0.5) is 5.69 Å². The van der Waals surface area contributed by atoms with Crippen molar-refractivity contribution in [1.82, 2.24) is 13.4 Å². The van der Waals surface area contributed by atoms with E-state index in [2.05, 4.69) is 5.32 Å². The summed E-state index contributed by atoms with van der Waals surface area (Å²) in [4.78, 5) is 37.1. The number of aromatic nitrogens is 2. The summed E-state index contributed by atoms with van der Waals surface area (Å²) in [5.74, 6) is -0.382. The molecule has 2 heterocycles. The minimum absolute atomic E-state index is 0.0334. The van der Waals surface area contributed by atoms with Crippen LogP contribution in [0.15, 0.2) is 56.9 Å². The van der Waals surface area contributed by atoms with Gasteiger partial charge in [-0.1, -0.05) is 12.1 Å². The van der Waals surface area contributed by atoms with Crippen molar-refractivity contribution in [2.45, 2.75) is 30.7 Å². The van der Waals surface area contributed by atoms with Crippen LogP contribution in [0.5, 0.6) is 0 Å². The fourth-order valence-electron chi connectivity index (χ4n) is 4.10. The number of aryl methyl sites for hydroxylation is 3. The molecule has 0 bridgehead atoms. The van der Waals surface area contributed by atoms with Gasteiger partial charge in [0.1, 0.15) is 6.04 Å². The molecule has 1 saturated heterocycles. The van der Waals surface area contributed by atoms with E-state index >= 15 is 0 Å². The third kappa shape index (κ3) is 3.65. The van der Waals surface area contributed by atoms with Gasteiger partial charge in [-0.15, -0.1) is 0 Å². The second kappa shape index (κ2) is 8.03. The zero-order chi connectivity index (χ0) is 23.2. The maximum atomic E-state index is 13.4. The lowest BCUT2D eigenvalue weighted by atomic mass is 10.2. The number of nitrogens with one attached hydrogen (secondary N) is 1. The largest absolute Gasteiger partial charge is 0.325 e. The maximum absolute atomic E-state index is 13.4. The van der Waals surface area contributed by atoms with Crippen molar-refractivity contribution in [1.29, 1.82) is 0 Å². The Labute approximate surface area is 184 Å². The Kier molecular flexibility index (Phi) is 5.51. The number of anilines is 1. The molecule has 10 heteroatoms. The van der Waals surface area contributed by atoms with Gasteiger partial charge >= 0.3 is 11.1 Å². The molecule has 1 atom stereocenters. The predicted octanol–water partition coefficient (Wildman–Crippen LogP) is 1.34. The monoisotopic (exact) mass is 456 g/mol. The molecule has 0 radical (unpaired) electrons. The molecule has 168 valence electrons. The Balaban J connectivity index is 1.70. The van der Waals surface area contributed by atoms with Crippen LogP contribution >= 0.6 is 0 Å². The molecule has 32 heavy (non-hydrogen) atoms. The SMILES string of the molecule is Cc1cccc(NC(=O)[C@H]2CCCN2S(=O)(=O)c2ccc3c(c2)n(C)c(=O)c(=O)n3C)c1. The third-order valence-electron chi connectivity index (χ3n) is 5.86. The lowest BCUT2D eigenvalue weighted by Crippen LogP contribution is -2.43. The van der Waals surface area contributed by atoms with Crippen molar-refractivity contribution in [3.05, 3.63) is 68.7 Å². The van der Waals surface area contributed by atoms with E-state index < -0.39 is 27.2 Å². The molecule has 3 aromatic rings. The Hall–Kier alpha value is -3.24. The summed E-state index contributed by atoms with van der Waals surface area (Å²) < 4.78 is 30.4. The van der Waals surface area contributed by atoms with Crippen molar-refractivity contribution in [2.75, 3.05) is 11.9 Å². The Morgan fingerprint density at radius 2 is 1.69 bits per heavy atom. The van der Waals surface area contributed by atoms with Crippen molar-refractivity contribution < 1.29 is 13.2 Å². The Bertz CT molecular complexity index is 1460. The number of benzene rings is 2. The maximum Gasteiger partial charge on any atom is 0.316 e. The lowest BCUT2D eigenvalue weighted by molar-refractivity contribution is -0.119. The number of carbonyl (C=O) groups is 1. The van der Waals surface area contributed by atoms with Gasteiger partial charge in [0.25, 0.3) is 0 Å². The second-order valence-corrected chi connectivity index (χ2v) is 9.90. The number of hydrogen-bond acceptors (Lipinski definition) is 5. The quantitative estimate of drug-likeness (QED) is 0.596. The molecule has 0 saturated carbocycles. The first-order valence-corrected chi connectivity index (χ1v) is 11.6. The highest BCUT2D eigenvalue weighted by atomic mass is 32.2. The second-order valence-electron chi connectivity index (χ2n) is 8.01. The molecular formula is C22H24N4O5S. The average molecular weight is 457 g/mol. The van der Waals surface area contributed by atoms with Crippen LogP contribution in [0.25, 0.3) is 11.0 Å². The van der Waals surface area contributed by atoms with Crippen molar-refractivity contribution >= 4 is 32.7 Å². The van der Waals surface area contributed by atoms with Gasteiger partial charge in [-0.05, 0) is 55.7 Å². The normalized spacial score (nSPS) is 17.0. The first-order chi connectivity index (χ1) is 15.1. The molecule has 1 fully saturated rings. The van der Waals surface area contributed by atoms with Crippen molar-refractivity contribution in [3.8, 4) is 0 Å². The highest BCUT2D eigenvalue weighted by molar-refractivity contribution is 7.89. The van der Waals surface area contributed by atoms with Gasteiger partial charge in [-0.25, -0.2) is 8.42 Å². The molecule has 2 aromatic carbocycles. The van der Waals surface area contributed by atoms with Crippen LogP contribution in [-0.4, -0.2) is 40.4 Å². The molecule has 1 aliphatic rings. The highest BCUT2D eigenvalue weighted by Gasteiger charge is 2.39. The molecule has 1 N–H and O–H groups in total. The van der Waals surface area contributed by atoms with E-state index in [1.807, 2.05) is 25.1 Å². The molecular weight excluding hydrogens is 432 g/mol. The van der Waals surface area contributed by atoms with Crippen molar-refractivity contribution in [3.63, 3.8) is 0 Å². The standard InChI is InChI=1S/C22H24N4O5S/c1-14-6-4-7-15(12-14)23-20(27)18-8-5-11-26(18)32(30,31)16-9-10-17-19(13-16)25(3)22(29)21(28)24(17)2/h4,6-7,9-10,12-13,18H,5,8,11H2,1-3H3,(H,23,27)/t18-/m1/s1. The van der Waals surface area contributed by atoms with Crippen LogP contribution in [0.1, 0.15) is 18.4 Å². The molecule has 1 aromatic heterocycles. The van der Waals surface area contributed by atoms with E-state index in [1.165, 1.54) is 41.2 Å². The van der Waals surface area contributed by atoms with Gasteiger partial charge in [-0.3, -0.25) is 14.4 Å². The topological polar surface area (TPSA) is 110 Å². The van der Waals surface area contributed by atoms with E-state index in [1.54, 1.807) is 6.07 Å². The minimum atomic E-state index is -4.01. The summed E-state index contributed by atoms with van der Waals surface area (Å²) in [7, 11) is -1.12. The van der Waals surface area contributed by atoms with Crippen LogP contribution < -0.4 is 16.4 Å². The fourth-order valence-corrected chi connectivity index (χ4v) is 5.77. The van der Waals surface area contributed by atoms with Gasteiger partial charge in [0, 0.05) is 26.3 Å². The van der Waals surface area contributed by atoms with Gasteiger partial charge in [0.15, 0.2) is 0 Å². The number of carbonyl (C=O) groups excluding carboxylic acids is 1. The number of rotatable bonds is 4. The average Bonchev–Trinajstić information content (AvgIpc) is 3.27. The Morgan fingerprint density at radius 3 is 2.38 bits per heavy atom. The number of nitrogens with zero attached hydrogens (tertiary/aromatic N) is 3.